The molecule has 0 aliphatic rings. The normalized spacial score (nSPS) is 12.2. The summed E-state index contributed by atoms with van der Waals surface area (Å²) in [6.45, 7) is 4.12. The van der Waals surface area contributed by atoms with Crippen LogP contribution < -0.4 is 10.5 Å². The van der Waals surface area contributed by atoms with Gasteiger partial charge in [0.2, 0.25) is 0 Å². The van der Waals surface area contributed by atoms with Crippen LogP contribution in [0.4, 0.5) is 5.82 Å². The number of anilines is 1. The Morgan fingerprint density at radius 2 is 1.81 bits per heavy atom. The van der Waals surface area contributed by atoms with Crippen molar-refractivity contribution in [2.24, 2.45) is 5.92 Å². The number of carboxylic acid groups (broad SMARTS) is 1. The monoisotopic (exact) mass is 429 g/mol. The number of hydrogen-bond acceptors (Lipinski definition) is 5. The number of benzene rings is 2. The molecule has 1 unspecified atom stereocenters. The molecule has 0 aliphatic heterocycles. The molecule has 2 heterocycles. The van der Waals surface area contributed by atoms with E-state index in [0.717, 1.165) is 51.5 Å². The first kappa shape index (κ1) is 21.6. The van der Waals surface area contributed by atoms with E-state index in [-0.39, 0.29) is 0 Å². The number of ether oxygens (including phenoxy) is 1. The molecule has 1 atom stereocenters. The van der Waals surface area contributed by atoms with E-state index < -0.39 is 11.9 Å². The molecule has 4 aromatic rings. The molecular formula is C26H27N3O3. The number of nitrogen functional groups attached to an aromatic ring is 1. The van der Waals surface area contributed by atoms with Gasteiger partial charge in [0.25, 0.3) is 0 Å². The predicted octanol–water partition coefficient (Wildman–Crippen LogP) is 4.95. The summed E-state index contributed by atoms with van der Waals surface area (Å²) in [7, 11) is 0. The van der Waals surface area contributed by atoms with Crippen LogP contribution in [-0.2, 0) is 17.6 Å². The van der Waals surface area contributed by atoms with Gasteiger partial charge >= 0.3 is 5.97 Å². The number of nitrogens with two attached hydrogens (primary N) is 1. The number of hydrogen-bond donors (Lipinski definition) is 2. The van der Waals surface area contributed by atoms with E-state index >= 15 is 0 Å². The quantitative estimate of drug-likeness (QED) is 0.385. The third kappa shape index (κ3) is 4.80. The second-order valence-corrected chi connectivity index (χ2v) is 8.28. The highest BCUT2D eigenvalue weighted by molar-refractivity contribution is 6.08. The highest BCUT2D eigenvalue weighted by atomic mass is 16.5. The Labute approximate surface area is 187 Å². The van der Waals surface area contributed by atoms with Gasteiger partial charge in [0.05, 0.1) is 18.0 Å². The maximum absolute atomic E-state index is 10.9. The second-order valence-electron chi connectivity index (χ2n) is 8.28. The van der Waals surface area contributed by atoms with Gasteiger partial charge in [-0.05, 0) is 67.1 Å². The van der Waals surface area contributed by atoms with Crippen LogP contribution in [0.5, 0.6) is 5.75 Å². The summed E-state index contributed by atoms with van der Waals surface area (Å²) >= 11 is 0. The van der Waals surface area contributed by atoms with Crippen molar-refractivity contribution in [3.8, 4) is 5.75 Å². The minimum absolute atomic E-state index is 0.390. The number of aromatic nitrogens is 2. The average Bonchev–Trinajstić information content (AvgIpc) is 2.78. The van der Waals surface area contributed by atoms with Crippen LogP contribution in [0.3, 0.4) is 0 Å². The van der Waals surface area contributed by atoms with E-state index in [1.165, 1.54) is 5.56 Å². The van der Waals surface area contributed by atoms with Gasteiger partial charge in [-0.3, -0.25) is 9.78 Å². The molecule has 0 saturated heterocycles. The Balaban J connectivity index is 1.44. The lowest BCUT2D eigenvalue weighted by Gasteiger charge is -2.10. The molecule has 4 rings (SSSR count). The molecule has 3 N–H and O–H groups in total. The van der Waals surface area contributed by atoms with Crippen LogP contribution in [0.2, 0.25) is 0 Å². The fourth-order valence-corrected chi connectivity index (χ4v) is 3.72. The van der Waals surface area contributed by atoms with Crippen molar-refractivity contribution in [2.75, 3.05) is 12.3 Å². The third-order valence-corrected chi connectivity index (χ3v) is 5.74. The van der Waals surface area contributed by atoms with Crippen LogP contribution in [0, 0.1) is 12.8 Å². The van der Waals surface area contributed by atoms with E-state index in [2.05, 4.69) is 28.2 Å². The fourth-order valence-electron chi connectivity index (χ4n) is 3.72. The zero-order valence-electron chi connectivity index (χ0n) is 18.3. The molecule has 0 aliphatic carbocycles. The first-order valence-electron chi connectivity index (χ1n) is 10.8. The number of rotatable bonds is 8. The molecule has 32 heavy (non-hydrogen) atoms. The van der Waals surface area contributed by atoms with E-state index in [0.29, 0.717) is 18.8 Å². The van der Waals surface area contributed by atoms with Gasteiger partial charge in [-0.2, -0.15) is 0 Å². The molecule has 0 spiro atoms. The van der Waals surface area contributed by atoms with Crippen LogP contribution in [0.15, 0.2) is 54.7 Å². The van der Waals surface area contributed by atoms with Gasteiger partial charge < -0.3 is 15.6 Å². The zero-order chi connectivity index (χ0) is 22.7. The van der Waals surface area contributed by atoms with E-state index in [1.807, 2.05) is 43.5 Å². The highest BCUT2D eigenvalue weighted by Gasteiger charge is 2.11. The molecule has 0 fully saturated rings. The van der Waals surface area contributed by atoms with Crippen LogP contribution in [0.25, 0.3) is 21.8 Å². The number of aliphatic carboxylic acids is 1. The van der Waals surface area contributed by atoms with Gasteiger partial charge in [0.15, 0.2) is 5.82 Å². The summed E-state index contributed by atoms with van der Waals surface area (Å²) in [6.07, 6.45) is 4.10. The Hall–Kier alpha value is -3.67. The summed E-state index contributed by atoms with van der Waals surface area (Å²) in [5, 5.41) is 11.0. The summed E-state index contributed by atoms with van der Waals surface area (Å²) < 4.78 is 5.66. The lowest BCUT2D eigenvalue weighted by Crippen LogP contribution is -2.13. The summed E-state index contributed by atoms with van der Waals surface area (Å²) in [5.41, 5.74) is 11.3. The molecular weight excluding hydrogens is 402 g/mol. The molecule has 2 aromatic carbocycles. The largest absolute Gasteiger partial charge is 0.494 e. The standard InChI is InChI=1S/C26H27N3O3/c1-16-3-10-21-22-14-19(15-28-24(22)25(27)29-23(21)13-16)5-4-18-6-8-20(9-7-18)32-12-11-17(2)26(30)31/h3,6-10,13-15,17H,4-5,11-12H2,1-2H3,(H2,27,29)(H,30,31). The lowest BCUT2D eigenvalue weighted by atomic mass is 10.0. The Morgan fingerprint density at radius 3 is 2.56 bits per heavy atom. The maximum Gasteiger partial charge on any atom is 0.306 e. The molecule has 0 bridgehead atoms. The number of pyridine rings is 2. The minimum atomic E-state index is -0.797. The van der Waals surface area contributed by atoms with Crippen LogP contribution in [-0.4, -0.2) is 27.7 Å². The van der Waals surface area contributed by atoms with Crippen molar-refractivity contribution in [1.82, 2.24) is 9.97 Å². The van der Waals surface area contributed by atoms with Crippen LogP contribution in [0.1, 0.15) is 30.0 Å². The number of fused-ring (bicyclic) bond motifs is 3. The molecule has 2 aromatic heterocycles. The second kappa shape index (κ2) is 9.22. The van der Waals surface area contributed by atoms with Gasteiger partial charge in [0.1, 0.15) is 11.3 Å². The van der Waals surface area contributed by atoms with Crippen molar-refractivity contribution in [1.29, 1.82) is 0 Å². The van der Waals surface area contributed by atoms with Gasteiger partial charge in [-0.25, -0.2) is 4.98 Å². The number of carbonyl (C=O) groups is 1. The highest BCUT2D eigenvalue weighted by Crippen LogP contribution is 2.28. The van der Waals surface area contributed by atoms with Crippen molar-refractivity contribution in [3.05, 3.63) is 71.4 Å². The predicted molar refractivity (Wildman–Crippen MR) is 127 cm³/mol. The van der Waals surface area contributed by atoms with Gasteiger partial charge in [-0.15, -0.1) is 0 Å². The summed E-state index contributed by atoms with van der Waals surface area (Å²) in [5.74, 6) is 0.00716. The van der Waals surface area contributed by atoms with E-state index in [4.69, 9.17) is 15.6 Å². The number of aryl methyl sites for hydroxylation is 3. The number of carboxylic acids is 1. The van der Waals surface area contributed by atoms with Crippen molar-refractivity contribution >= 4 is 33.6 Å². The van der Waals surface area contributed by atoms with E-state index in [1.54, 1.807) is 6.92 Å². The van der Waals surface area contributed by atoms with Crippen molar-refractivity contribution < 1.29 is 14.6 Å². The molecule has 0 amide bonds. The average molecular weight is 430 g/mol. The molecule has 164 valence electrons. The van der Waals surface area contributed by atoms with E-state index in [9.17, 15) is 4.79 Å². The third-order valence-electron chi connectivity index (χ3n) is 5.74. The number of nitrogens with zero attached hydrogens (tertiary/aromatic N) is 2. The van der Waals surface area contributed by atoms with Crippen molar-refractivity contribution in [2.45, 2.75) is 33.1 Å². The van der Waals surface area contributed by atoms with Gasteiger partial charge in [0, 0.05) is 17.0 Å². The zero-order valence-corrected chi connectivity index (χ0v) is 18.3. The SMILES string of the molecule is Cc1ccc2c(c1)nc(N)c1ncc(CCc3ccc(OCCC(C)C(=O)O)cc3)cc12. The smallest absolute Gasteiger partial charge is 0.306 e. The minimum Gasteiger partial charge on any atom is -0.494 e. The Bertz CT molecular complexity index is 1270. The summed E-state index contributed by atoms with van der Waals surface area (Å²) in [6, 6.07) is 16.3. The molecule has 6 nitrogen and oxygen atoms in total. The Kier molecular flexibility index (Phi) is 6.21. The summed E-state index contributed by atoms with van der Waals surface area (Å²) in [4.78, 5) is 20.0. The van der Waals surface area contributed by atoms with Crippen molar-refractivity contribution in [3.63, 3.8) is 0 Å². The lowest BCUT2D eigenvalue weighted by molar-refractivity contribution is -0.141. The Morgan fingerprint density at radius 1 is 1.06 bits per heavy atom. The van der Waals surface area contributed by atoms with Crippen LogP contribution >= 0.6 is 0 Å². The van der Waals surface area contributed by atoms with Gasteiger partial charge in [-0.1, -0.05) is 31.2 Å². The fraction of sp³-hybridized carbons (Fsp3) is 0.269. The molecule has 6 heteroatoms. The first-order chi connectivity index (χ1) is 15.4. The molecule has 0 radical (unpaired) electrons. The molecule has 0 saturated carbocycles. The first-order valence-corrected chi connectivity index (χ1v) is 10.8. The topological polar surface area (TPSA) is 98.3 Å². The maximum atomic E-state index is 10.9.